The number of carbonyl (C=O) groups is 2. The summed E-state index contributed by atoms with van der Waals surface area (Å²) < 4.78 is 1.44. The number of nitrogens with zero attached hydrogens (tertiary/aromatic N) is 2. The lowest BCUT2D eigenvalue weighted by atomic mass is 10.2. The predicted octanol–water partition coefficient (Wildman–Crippen LogP) is 0.717. The van der Waals surface area contributed by atoms with Crippen LogP contribution >= 0.6 is 11.3 Å². The van der Waals surface area contributed by atoms with E-state index in [-0.39, 0.29) is 36.9 Å². The number of rotatable bonds is 6. The number of hydrogen-bond donors (Lipinski definition) is 2. The van der Waals surface area contributed by atoms with Crippen LogP contribution in [0.2, 0.25) is 0 Å². The fourth-order valence-electron chi connectivity index (χ4n) is 2.18. The Morgan fingerprint density at radius 3 is 2.70 bits per heavy atom. The van der Waals surface area contributed by atoms with Crippen molar-refractivity contribution in [2.45, 2.75) is 33.7 Å². The van der Waals surface area contributed by atoms with Gasteiger partial charge in [0.1, 0.15) is 4.83 Å². The highest BCUT2D eigenvalue weighted by atomic mass is 32.1. The van der Waals surface area contributed by atoms with Gasteiger partial charge in [-0.2, -0.15) is 0 Å². The first-order valence-electron chi connectivity index (χ1n) is 7.42. The summed E-state index contributed by atoms with van der Waals surface area (Å²) >= 11 is 1.49. The van der Waals surface area contributed by atoms with Crippen molar-refractivity contribution in [3.63, 3.8) is 0 Å². The van der Waals surface area contributed by atoms with Crippen LogP contribution in [0, 0.1) is 13.8 Å². The van der Waals surface area contributed by atoms with Gasteiger partial charge >= 0.3 is 0 Å². The molecule has 0 bridgehead atoms. The van der Waals surface area contributed by atoms with Gasteiger partial charge in [-0.3, -0.25) is 19.0 Å². The van der Waals surface area contributed by atoms with Gasteiger partial charge in [0.25, 0.3) is 5.56 Å². The Morgan fingerprint density at radius 2 is 2.00 bits per heavy atom. The molecule has 0 fully saturated rings. The number of aryl methyl sites for hydroxylation is 3. The van der Waals surface area contributed by atoms with E-state index >= 15 is 0 Å². The first-order chi connectivity index (χ1) is 10.9. The molecular weight excluding hydrogens is 316 g/mol. The Bertz CT molecular complexity index is 794. The van der Waals surface area contributed by atoms with E-state index in [2.05, 4.69) is 15.6 Å². The molecule has 8 heteroatoms. The van der Waals surface area contributed by atoms with Gasteiger partial charge < -0.3 is 10.6 Å². The number of hydrogen-bond acceptors (Lipinski definition) is 5. The van der Waals surface area contributed by atoms with Crippen molar-refractivity contribution in [1.82, 2.24) is 20.2 Å². The molecule has 2 aromatic rings. The van der Waals surface area contributed by atoms with Crippen LogP contribution in [0.15, 0.2) is 11.1 Å². The Balaban J connectivity index is 2.01. The lowest BCUT2D eigenvalue weighted by Crippen LogP contribution is -2.37. The molecule has 2 rings (SSSR count). The second kappa shape index (κ2) is 7.36. The quantitative estimate of drug-likeness (QED) is 0.813. The maximum Gasteiger partial charge on any atom is 0.262 e. The van der Waals surface area contributed by atoms with Crippen molar-refractivity contribution in [2.75, 3.05) is 13.1 Å². The fraction of sp³-hybridized carbons (Fsp3) is 0.467. The van der Waals surface area contributed by atoms with Gasteiger partial charge in [0.05, 0.1) is 18.3 Å². The molecule has 2 N–H and O–H groups in total. The predicted molar refractivity (Wildman–Crippen MR) is 89.7 cm³/mol. The van der Waals surface area contributed by atoms with E-state index in [0.717, 1.165) is 15.3 Å². The molecule has 23 heavy (non-hydrogen) atoms. The summed E-state index contributed by atoms with van der Waals surface area (Å²) in [5.74, 6) is -0.507. The van der Waals surface area contributed by atoms with E-state index in [4.69, 9.17) is 0 Å². The molecule has 0 spiro atoms. The smallest absolute Gasteiger partial charge is 0.262 e. The van der Waals surface area contributed by atoms with Crippen LogP contribution in [0.1, 0.15) is 23.8 Å². The molecule has 0 aliphatic rings. The summed E-state index contributed by atoms with van der Waals surface area (Å²) in [7, 11) is 0. The van der Waals surface area contributed by atoms with Crippen LogP contribution < -0.4 is 16.2 Å². The third kappa shape index (κ3) is 3.95. The molecule has 0 aromatic carbocycles. The molecule has 0 atom stereocenters. The van der Waals surface area contributed by atoms with Crippen molar-refractivity contribution >= 4 is 33.4 Å². The molecule has 0 aliphatic heterocycles. The fourth-order valence-corrected chi connectivity index (χ4v) is 3.17. The first-order valence-corrected chi connectivity index (χ1v) is 8.24. The third-order valence-electron chi connectivity index (χ3n) is 3.56. The van der Waals surface area contributed by atoms with Crippen LogP contribution in [0.4, 0.5) is 0 Å². The highest BCUT2D eigenvalue weighted by molar-refractivity contribution is 7.18. The summed E-state index contributed by atoms with van der Waals surface area (Å²) in [5.41, 5.74) is 0.811. The lowest BCUT2D eigenvalue weighted by Gasteiger charge is -2.07. The molecule has 7 nitrogen and oxygen atoms in total. The van der Waals surface area contributed by atoms with Crippen molar-refractivity contribution < 1.29 is 9.59 Å². The van der Waals surface area contributed by atoms with Crippen LogP contribution in [0.25, 0.3) is 10.2 Å². The normalized spacial score (nSPS) is 10.7. The van der Waals surface area contributed by atoms with Crippen molar-refractivity contribution in [3.8, 4) is 0 Å². The molecule has 0 aliphatic carbocycles. The average molecular weight is 336 g/mol. The third-order valence-corrected chi connectivity index (χ3v) is 4.67. The Labute approximate surface area is 137 Å². The van der Waals surface area contributed by atoms with Gasteiger partial charge in [0, 0.05) is 24.4 Å². The highest BCUT2D eigenvalue weighted by Gasteiger charge is 2.12. The standard InChI is InChI=1S/C15H20N4O3S/c1-4-16-12(21)7-17-11(20)5-6-19-8-18-14-13(15(19)22)9(2)10(3)23-14/h8H,4-7H2,1-3H3,(H,16,21)(H,17,20). The number of thiophene rings is 1. The zero-order chi connectivity index (χ0) is 17.0. The molecule has 124 valence electrons. The van der Waals surface area contributed by atoms with E-state index < -0.39 is 0 Å². The van der Waals surface area contributed by atoms with Crippen LogP contribution in [0.3, 0.4) is 0 Å². The molecule has 2 amide bonds. The van der Waals surface area contributed by atoms with Gasteiger partial charge in [-0.25, -0.2) is 4.98 Å². The Kier molecular flexibility index (Phi) is 5.49. The minimum atomic E-state index is -0.276. The zero-order valence-corrected chi connectivity index (χ0v) is 14.2. The van der Waals surface area contributed by atoms with E-state index in [1.807, 2.05) is 20.8 Å². The van der Waals surface area contributed by atoms with Crippen molar-refractivity contribution in [3.05, 3.63) is 27.1 Å². The number of aromatic nitrogens is 2. The topological polar surface area (TPSA) is 93.1 Å². The van der Waals surface area contributed by atoms with Gasteiger partial charge in [-0.15, -0.1) is 11.3 Å². The lowest BCUT2D eigenvalue weighted by molar-refractivity contribution is -0.126. The van der Waals surface area contributed by atoms with Gasteiger partial charge in [-0.1, -0.05) is 0 Å². The summed E-state index contributed by atoms with van der Waals surface area (Å²) in [4.78, 5) is 41.6. The SMILES string of the molecule is CCNC(=O)CNC(=O)CCn1cnc2sc(C)c(C)c2c1=O. The maximum atomic E-state index is 12.5. The molecule has 0 unspecified atom stereocenters. The molecule has 0 saturated carbocycles. The van der Waals surface area contributed by atoms with Crippen LogP contribution in [0.5, 0.6) is 0 Å². The maximum absolute atomic E-state index is 12.5. The highest BCUT2D eigenvalue weighted by Crippen LogP contribution is 2.25. The van der Waals surface area contributed by atoms with Crippen molar-refractivity contribution in [2.24, 2.45) is 0 Å². The van der Waals surface area contributed by atoms with Crippen molar-refractivity contribution in [1.29, 1.82) is 0 Å². The number of fused-ring (bicyclic) bond motifs is 1. The molecular formula is C15H20N4O3S. The Morgan fingerprint density at radius 1 is 1.26 bits per heavy atom. The van der Waals surface area contributed by atoms with E-state index in [1.165, 1.54) is 22.2 Å². The van der Waals surface area contributed by atoms with E-state index in [1.54, 1.807) is 0 Å². The molecule has 0 radical (unpaired) electrons. The summed E-state index contributed by atoms with van der Waals surface area (Å²) in [5, 5.41) is 5.74. The summed E-state index contributed by atoms with van der Waals surface area (Å²) in [6.07, 6.45) is 1.59. The van der Waals surface area contributed by atoms with Crippen LogP contribution in [-0.4, -0.2) is 34.5 Å². The van der Waals surface area contributed by atoms with Gasteiger partial charge in [-0.05, 0) is 26.3 Å². The molecule has 2 aromatic heterocycles. The van der Waals surface area contributed by atoms with Gasteiger partial charge in [0.2, 0.25) is 11.8 Å². The zero-order valence-electron chi connectivity index (χ0n) is 13.4. The average Bonchev–Trinajstić information content (AvgIpc) is 2.80. The first kappa shape index (κ1) is 17.1. The molecule has 0 saturated heterocycles. The minimum Gasteiger partial charge on any atom is -0.355 e. The number of likely N-dealkylation sites (N-methyl/N-ethyl adjacent to an activating group) is 1. The monoisotopic (exact) mass is 336 g/mol. The summed E-state index contributed by atoms with van der Waals surface area (Å²) in [6.45, 7) is 6.37. The molecule has 2 heterocycles. The van der Waals surface area contributed by atoms with Gasteiger partial charge in [0.15, 0.2) is 0 Å². The van der Waals surface area contributed by atoms with E-state index in [0.29, 0.717) is 11.9 Å². The Hall–Kier alpha value is -2.22. The van der Waals surface area contributed by atoms with Crippen LogP contribution in [-0.2, 0) is 16.1 Å². The minimum absolute atomic E-state index is 0.0539. The summed E-state index contributed by atoms with van der Waals surface area (Å²) in [6, 6.07) is 0. The second-order valence-corrected chi connectivity index (χ2v) is 6.39. The second-order valence-electron chi connectivity index (χ2n) is 5.19. The number of amides is 2. The largest absolute Gasteiger partial charge is 0.355 e. The van der Waals surface area contributed by atoms with E-state index in [9.17, 15) is 14.4 Å². The number of nitrogens with one attached hydrogen (secondary N) is 2. The number of carbonyl (C=O) groups excluding carboxylic acids is 2.